The lowest BCUT2D eigenvalue weighted by molar-refractivity contribution is -0.321. The van der Waals surface area contributed by atoms with Gasteiger partial charge in [0.05, 0.1) is 26.4 Å². The molecule has 0 saturated carbocycles. The number of esters is 1. The summed E-state index contributed by atoms with van der Waals surface area (Å²) in [4.78, 5) is 55.8. The molecule has 0 heterocycles. The van der Waals surface area contributed by atoms with Crippen LogP contribution in [0.3, 0.4) is 0 Å². The van der Waals surface area contributed by atoms with Crippen molar-refractivity contribution in [3.05, 3.63) is 49.6 Å². The summed E-state index contributed by atoms with van der Waals surface area (Å²) in [5.74, 6) is -0.895. The molecule has 240 valence electrons. The average molecular weight is 599 g/mol. The van der Waals surface area contributed by atoms with Gasteiger partial charge >= 0.3 is 18.2 Å². The molecule has 0 aliphatic heterocycles. The molecule has 42 heavy (non-hydrogen) atoms. The van der Waals surface area contributed by atoms with E-state index in [2.05, 4.69) is 36.9 Å². The smallest absolute Gasteiger partial charge is 0.407 e. The van der Waals surface area contributed by atoms with Crippen molar-refractivity contribution >= 4 is 18.2 Å². The maximum atomic E-state index is 12.0. The highest BCUT2D eigenvalue weighted by molar-refractivity contribution is 5.86. The number of hydrogen-bond acceptors (Lipinski definition) is 10. The first kappa shape index (κ1) is 38.8. The highest BCUT2D eigenvalue weighted by Gasteiger charge is 2.16. The fourth-order valence-corrected chi connectivity index (χ4v) is 3.03. The summed E-state index contributed by atoms with van der Waals surface area (Å²) >= 11 is 0. The summed E-state index contributed by atoms with van der Waals surface area (Å²) in [6, 6.07) is 0. The van der Waals surface area contributed by atoms with E-state index < -0.39 is 18.2 Å². The Morgan fingerprint density at radius 1 is 0.690 bits per heavy atom. The Labute approximate surface area is 250 Å². The van der Waals surface area contributed by atoms with Crippen LogP contribution < -0.4 is 10.6 Å². The molecule has 0 radical (unpaired) electrons. The molecule has 0 aromatic rings. The summed E-state index contributed by atoms with van der Waals surface area (Å²) < 4.78 is 15.7. The predicted octanol–water partition coefficient (Wildman–Crippen LogP) is 4.98. The number of amides is 2. The number of hydrogen-bond donors (Lipinski definition) is 2. The molecule has 12 nitrogen and oxygen atoms in total. The molecule has 2 amide bonds. The van der Waals surface area contributed by atoms with Gasteiger partial charge in [-0.3, -0.25) is 0 Å². The second-order valence-corrected chi connectivity index (χ2v) is 9.80. The highest BCUT2D eigenvalue weighted by atomic mass is 17.2. The van der Waals surface area contributed by atoms with E-state index in [1.807, 2.05) is 6.92 Å². The van der Waals surface area contributed by atoms with Gasteiger partial charge in [0, 0.05) is 30.5 Å². The van der Waals surface area contributed by atoms with Crippen LogP contribution in [0.15, 0.2) is 49.6 Å². The second kappa shape index (κ2) is 26.7. The van der Waals surface area contributed by atoms with Crippen molar-refractivity contribution < 1.29 is 48.1 Å². The van der Waals surface area contributed by atoms with Gasteiger partial charge in [-0.15, -0.1) is 13.2 Å². The number of allylic oxidation sites excluding steroid dienone is 1. The Morgan fingerprint density at radius 2 is 1.24 bits per heavy atom. The number of ether oxygens (including phenoxy) is 3. The van der Waals surface area contributed by atoms with Crippen molar-refractivity contribution in [2.24, 2.45) is 11.8 Å². The van der Waals surface area contributed by atoms with E-state index in [9.17, 15) is 14.4 Å². The van der Waals surface area contributed by atoms with Gasteiger partial charge in [0.1, 0.15) is 19.8 Å². The van der Waals surface area contributed by atoms with Crippen LogP contribution in [0.5, 0.6) is 0 Å². The van der Waals surface area contributed by atoms with E-state index in [0.29, 0.717) is 25.1 Å². The number of unbranched alkanes of at least 4 members (excludes halogenated alkanes) is 3. The minimum atomic E-state index is -0.542. The lowest BCUT2D eigenvalue weighted by Gasteiger charge is -2.17. The van der Waals surface area contributed by atoms with Crippen molar-refractivity contribution in [3.8, 4) is 0 Å². The monoisotopic (exact) mass is 598 g/mol. The molecule has 0 aliphatic rings. The third-order valence-electron chi connectivity index (χ3n) is 5.39. The molecule has 0 aromatic carbocycles. The van der Waals surface area contributed by atoms with Gasteiger partial charge in [-0.05, 0) is 39.5 Å². The van der Waals surface area contributed by atoms with Gasteiger partial charge in [-0.2, -0.15) is 0 Å². The highest BCUT2D eigenvalue weighted by Crippen LogP contribution is 2.10. The maximum Gasteiger partial charge on any atom is 0.407 e. The van der Waals surface area contributed by atoms with Gasteiger partial charge < -0.3 is 24.8 Å². The first-order valence-corrected chi connectivity index (χ1v) is 14.2. The molecule has 0 bridgehead atoms. The fraction of sp³-hybridized carbons (Fsp3) is 0.633. The summed E-state index contributed by atoms with van der Waals surface area (Å²) in [7, 11) is 0. The van der Waals surface area contributed by atoms with Gasteiger partial charge in [0.15, 0.2) is 0 Å². The number of rotatable bonds is 27. The molecule has 2 unspecified atom stereocenters. The normalized spacial score (nSPS) is 12.0. The zero-order chi connectivity index (χ0) is 31.4. The Bertz CT molecular complexity index is 818. The molecule has 2 atom stereocenters. The first-order chi connectivity index (χ1) is 20.2. The van der Waals surface area contributed by atoms with Crippen molar-refractivity contribution in [2.75, 3.05) is 59.3 Å². The molecule has 12 heteroatoms. The van der Waals surface area contributed by atoms with E-state index in [4.69, 9.17) is 33.8 Å². The Morgan fingerprint density at radius 3 is 1.76 bits per heavy atom. The largest absolute Gasteiger partial charge is 0.462 e. The summed E-state index contributed by atoms with van der Waals surface area (Å²) in [5.41, 5.74) is 1.13. The van der Waals surface area contributed by atoms with Crippen molar-refractivity contribution in [3.63, 3.8) is 0 Å². The van der Waals surface area contributed by atoms with Crippen LogP contribution in [0.4, 0.5) is 9.59 Å². The van der Waals surface area contributed by atoms with Crippen molar-refractivity contribution in [2.45, 2.75) is 52.4 Å². The van der Waals surface area contributed by atoms with Crippen LogP contribution in [-0.4, -0.2) is 77.5 Å². The van der Waals surface area contributed by atoms with Gasteiger partial charge in [-0.1, -0.05) is 43.7 Å². The van der Waals surface area contributed by atoms with Crippen LogP contribution in [-0.2, 0) is 38.6 Å². The average Bonchev–Trinajstić information content (AvgIpc) is 2.96. The lowest BCUT2D eigenvalue weighted by atomic mass is 10.1. The van der Waals surface area contributed by atoms with Gasteiger partial charge in [0.2, 0.25) is 0 Å². The van der Waals surface area contributed by atoms with Gasteiger partial charge in [0.25, 0.3) is 0 Å². The van der Waals surface area contributed by atoms with E-state index in [-0.39, 0.29) is 58.1 Å². The molecular formula is C30H50N2O10. The maximum absolute atomic E-state index is 12.0. The summed E-state index contributed by atoms with van der Waals surface area (Å²) in [6.45, 7) is 19.9. The van der Waals surface area contributed by atoms with Crippen LogP contribution in [0.25, 0.3) is 0 Å². The summed E-state index contributed by atoms with van der Waals surface area (Å²) in [6.07, 6.45) is 6.90. The predicted molar refractivity (Wildman–Crippen MR) is 158 cm³/mol. The van der Waals surface area contributed by atoms with Crippen molar-refractivity contribution in [1.29, 1.82) is 0 Å². The number of alkyl carbamates (subject to hydrolysis) is 2. The molecule has 0 aromatic heterocycles. The Kier molecular flexibility index (Phi) is 24.7. The zero-order valence-corrected chi connectivity index (χ0v) is 25.3. The number of nitrogens with one attached hydrogen (secondary N) is 2. The quantitative estimate of drug-likeness (QED) is 0.0253. The van der Waals surface area contributed by atoms with E-state index in [1.54, 1.807) is 19.1 Å². The fourth-order valence-electron chi connectivity index (χ4n) is 3.03. The molecule has 0 spiro atoms. The number of carbonyl (C=O) groups is 3. The van der Waals surface area contributed by atoms with Crippen LogP contribution in [0.2, 0.25) is 0 Å². The number of carbonyl (C=O) groups excluding carboxylic acids is 3. The summed E-state index contributed by atoms with van der Waals surface area (Å²) in [5, 5.41) is 5.43. The van der Waals surface area contributed by atoms with Crippen molar-refractivity contribution in [1.82, 2.24) is 10.6 Å². The zero-order valence-electron chi connectivity index (χ0n) is 25.3. The lowest BCUT2D eigenvalue weighted by Crippen LogP contribution is -2.30. The second-order valence-electron chi connectivity index (χ2n) is 9.80. The van der Waals surface area contributed by atoms with Crippen LogP contribution in [0, 0.1) is 11.8 Å². The molecule has 0 saturated heterocycles. The third kappa shape index (κ3) is 24.6. The molecule has 0 rings (SSSR count). The first-order valence-electron chi connectivity index (χ1n) is 14.2. The van der Waals surface area contributed by atoms with E-state index in [0.717, 1.165) is 37.7 Å². The standard InChI is InChI=1S/C30H50N2O10/c1-7-9-14-26(19-36-28(33)25(5)6)20-37-29(34)31-15-12-10-11-13-16-32-30(35)38-21-27(22-41-39-17-8-2)23-42-40-18-24(3)4/h7-8,26-27H,1-3,5,9-23H2,4,6H3,(H,31,34)(H,32,35). The van der Waals surface area contributed by atoms with Crippen LogP contribution in [0.1, 0.15) is 52.4 Å². The van der Waals surface area contributed by atoms with E-state index in [1.165, 1.54) is 0 Å². The topological polar surface area (TPSA) is 140 Å². The van der Waals surface area contributed by atoms with Crippen LogP contribution >= 0.6 is 0 Å². The molecule has 2 N–H and O–H groups in total. The third-order valence-corrected chi connectivity index (χ3v) is 5.39. The van der Waals surface area contributed by atoms with E-state index >= 15 is 0 Å². The molecule has 0 aliphatic carbocycles. The minimum absolute atomic E-state index is 0.0517. The molecular weight excluding hydrogens is 548 g/mol. The minimum Gasteiger partial charge on any atom is -0.462 e. The Hall–Kier alpha value is -3.19. The Balaban J connectivity index is 4.02. The molecule has 0 fully saturated rings. The SMILES string of the molecule is C=CCCC(COC(=O)NCCCCCCNC(=O)OCC(COOCC=C)COOCC(=C)C)COC(=O)C(=C)C. The van der Waals surface area contributed by atoms with Gasteiger partial charge in [-0.25, -0.2) is 33.9 Å².